The van der Waals surface area contributed by atoms with Crippen LogP contribution < -0.4 is 0 Å². The third-order valence-corrected chi connectivity index (χ3v) is 1.14. The Morgan fingerprint density at radius 1 is 1.15 bits per heavy atom. The summed E-state index contributed by atoms with van der Waals surface area (Å²) in [5.41, 5.74) is 0. The van der Waals surface area contributed by atoms with Gasteiger partial charge in [-0.15, -0.1) is 0 Å². The van der Waals surface area contributed by atoms with E-state index in [0.29, 0.717) is 0 Å². The second kappa shape index (κ2) is 13.4. The molecule has 0 spiro atoms. The van der Waals surface area contributed by atoms with Gasteiger partial charge in [0, 0.05) is 0 Å². The first-order chi connectivity index (χ1) is 6.18. The number of isocyanates is 2. The number of nitrogens with zero attached hydrogens (tertiary/aromatic N) is 2. The molecule has 0 unspecified atom stereocenters. The summed E-state index contributed by atoms with van der Waals surface area (Å²) in [4.78, 5) is 24.2. The van der Waals surface area contributed by atoms with Crippen LogP contribution in [-0.4, -0.2) is 18.8 Å². The van der Waals surface area contributed by atoms with Crippen LogP contribution in [0.4, 0.5) is 0 Å². The molecule has 0 bridgehead atoms. The quantitative estimate of drug-likeness (QED) is 0.496. The van der Waals surface area contributed by atoms with E-state index in [0.717, 1.165) is 5.92 Å². The minimum Gasteiger partial charge on any atom is -0.211 e. The minimum atomic E-state index is -0.160. The third-order valence-electron chi connectivity index (χ3n) is 1.14. The van der Waals surface area contributed by atoms with Crippen molar-refractivity contribution in [3.05, 3.63) is 0 Å². The van der Waals surface area contributed by atoms with Gasteiger partial charge in [0.25, 0.3) is 0 Å². The molecule has 0 atom stereocenters. The number of carbonyl (C=O) groups excluding carboxylic acids is 2. The molecule has 0 saturated carbocycles. The van der Waals surface area contributed by atoms with E-state index in [1.807, 2.05) is 0 Å². The van der Waals surface area contributed by atoms with Gasteiger partial charge in [-0.3, -0.25) is 0 Å². The van der Waals surface area contributed by atoms with Gasteiger partial charge < -0.3 is 0 Å². The highest BCUT2D eigenvalue weighted by atomic mass is 16.1. The Hall–Kier alpha value is -1.24. The lowest BCUT2D eigenvalue weighted by atomic mass is 10.1. The van der Waals surface area contributed by atoms with Crippen LogP contribution >= 0.6 is 0 Å². The molecule has 0 aliphatic carbocycles. The monoisotopic (exact) mass is 184 g/mol. The van der Waals surface area contributed by atoms with Crippen molar-refractivity contribution < 1.29 is 9.59 Å². The zero-order valence-corrected chi connectivity index (χ0v) is 8.41. The van der Waals surface area contributed by atoms with Crippen LogP contribution in [0, 0.1) is 5.92 Å². The van der Waals surface area contributed by atoms with Crippen molar-refractivity contribution in [3.8, 4) is 0 Å². The van der Waals surface area contributed by atoms with Crippen molar-refractivity contribution in [2.75, 3.05) is 6.67 Å². The first-order valence-electron chi connectivity index (χ1n) is 4.26. The smallest absolute Gasteiger partial charge is 0.211 e. The summed E-state index contributed by atoms with van der Waals surface area (Å²) in [5, 5.41) is 0. The Morgan fingerprint density at radius 3 is 1.77 bits per heavy atom. The van der Waals surface area contributed by atoms with E-state index in [1.54, 1.807) is 0 Å². The number of hydrogen-bond donors (Lipinski definition) is 0. The topological polar surface area (TPSA) is 58.9 Å². The van der Waals surface area contributed by atoms with Gasteiger partial charge in [-0.25, -0.2) is 9.59 Å². The fraction of sp³-hybridized carbons (Fsp3) is 0.778. The highest BCUT2D eigenvalue weighted by molar-refractivity contribution is 5.35. The van der Waals surface area contributed by atoms with Crippen molar-refractivity contribution in [2.24, 2.45) is 15.9 Å². The van der Waals surface area contributed by atoms with E-state index >= 15 is 0 Å². The molecule has 0 fully saturated rings. The maximum absolute atomic E-state index is 9.20. The summed E-state index contributed by atoms with van der Waals surface area (Å²) in [6.07, 6.45) is 5.12. The Balaban J connectivity index is 0. The summed E-state index contributed by atoms with van der Waals surface area (Å²) >= 11 is 0. The lowest BCUT2D eigenvalue weighted by Gasteiger charge is -1.95. The lowest BCUT2D eigenvalue weighted by molar-refractivity contribution is 0.560. The van der Waals surface area contributed by atoms with E-state index in [4.69, 9.17) is 0 Å². The molecule has 0 aromatic heterocycles. The second-order valence-corrected chi connectivity index (χ2v) is 2.82. The van der Waals surface area contributed by atoms with Crippen molar-refractivity contribution in [2.45, 2.75) is 33.6 Å². The number of hydrogen-bond acceptors (Lipinski definition) is 4. The van der Waals surface area contributed by atoms with Crippen molar-refractivity contribution in [3.63, 3.8) is 0 Å². The average Bonchev–Trinajstić information content (AvgIpc) is 2.06. The molecule has 0 rings (SSSR count). The molecule has 0 N–H and O–H groups in total. The maximum Gasteiger partial charge on any atom is 0.236 e. The Labute approximate surface area is 78.8 Å². The molecule has 0 aromatic carbocycles. The van der Waals surface area contributed by atoms with E-state index in [2.05, 4.69) is 30.8 Å². The summed E-state index contributed by atoms with van der Waals surface area (Å²) in [7, 11) is 0. The van der Waals surface area contributed by atoms with Crippen LogP contribution in [0.15, 0.2) is 9.98 Å². The molecule has 4 heteroatoms. The minimum absolute atomic E-state index is 0.160. The summed E-state index contributed by atoms with van der Waals surface area (Å²) < 4.78 is 0. The predicted molar refractivity (Wildman–Crippen MR) is 50.9 cm³/mol. The van der Waals surface area contributed by atoms with Gasteiger partial charge in [-0.1, -0.05) is 33.6 Å². The van der Waals surface area contributed by atoms with Gasteiger partial charge in [0.05, 0.1) is 0 Å². The highest BCUT2D eigenvalue weighted by Crippen LogP contribution is 2.00. The maximum atomic E-state index is 9.20. The molecule has 0 aliphatic heterocycles. The molecular formula is C9H16N2O2. The van der Waals surface area contributed by atoms with Crippen LogP contribution in [0.1, 0.15) is 33.6 Å². The van der Waals surface area contributed by atoms with Crippen molar-refractivity contribution in [1.82, 2.24) is 0 Å². The fourth-order valence-electron chi connectivity index (χ4n) is 0.670. The largest absolute Gasteiger partial charge is 0.236 e. The first-order valence-corrected chi connectivity index (χ1v) is 4.26. The summed E-state index contributed by atoms with van der Waals surface area (Å²) in [5.74, 6) is 0.898. The van der Waals surface area contributed by atoms with E-state index in [1.165, 1.54) is 25.0 Å². The number of rotatable bonds is 4. The Bertz CT molecular complexity index is 174. The van der Waals surface area contributed by atoms with Crippen LogP contribution in [0.5, 0.6) is 0 Å². The zero-order valence-electron chi connectivity index (χ0n) is 8.41. The van der Waals surface area contributed by atoms with Gasteiger partial charge >= 0.3 is 0 Å². The Kier molecular flexibility index (Phi) is 14.7. The van der Waals surface area contributed by atoms with Gasteiger partial charge in [-0.2, -0.15) is 9.98 Å². The molecule has 74 valence electrons. The van der Waals surface area contributed by atoms with Crippen molar-refractivity contribution >= 4 is 12.2 Å². The SMILES string of the molecule is CCCC(C)C.O=C=NCN=C=O. The van der Waals surface area contributed by atoms with E-state index in [-0.39, 0.29) is 6.67 Å². The van der Waals surface area contributed by atoms with Crippen LogP contribution in [0.25, 0.3) is 0 Å². The first kappa shape index (κ1) is 14.3. The summed E-state index contributed by atoms with van der Waals surface area (Å²) in [6, 6.07) is 0. The molecule has 0 heterocycles. The molecule has 0 amide bonds. The van der Waals surface area contributed by atoms with Crippen LogP contribution in [0.3, 0.4) is 0 Å². The fourth-order valence-corrected chi connectivity index (χ4v) is 0.670. The lowest BCUT2D eigenvalue weighted by Crippen LogP contribution is -1.81. The molecule has 4 nitrogen and oxygen atoms in total. The van der Waals surface area contributed by atoms with Gasteiger partial charge in [0.15, 0.2) is 6.67 Å². The van der Waals surface area contributed by atoms with Crippen LogP contribution in [0.2, 0.25) is 0 Å². The normalized spacial score (nSPS) is 7.69. The molecule has 0 aromatic rings. The molecular weight excluding hydrogens is 168 g/mol. The van der Waals surface area contributed by atoms with Crippen LogP contribution in [-0.2, 0) is 9.59 Å². The third kappa shape index (κ3) is 24.9. The second-order valence-electron chi connectivity index (χ2n) is 2.82. The molecule has 0 aliphatic rings. The predicted octanol–water partition coefficient (Wildman–Crippen LogP) is 2.06. The molecule has 0 radical (unpaired) electrons. The zero-order chi connectivity index (χ0) is 10.5. The Morgan fingerprint density at radius 2 is 1.62 bits per heavy atom. The van der Waals surface area contributed by atoms with Crippen molar-refractivity contribution in [1.29, 1.82) is 0 Å². The van der Waals surface area contributed by atoms with Gasteiger partial charge in [0.1, 0.15) is 0 Å². The van der Waals surface area contributed by atoms with Gasteiger partial charge in [-0.05, 0) is 5.92 Å². The van der Waals surface area contributed by atoms with Gasteiger partial charge in [0.2, 0.25) is 12.2 Å². The highest BCUT2D eigenvalue weighted by Gasteiger charge is 1.85. The molecule has 13 heavy (non-hydrogen) atoms. The average molecular weight is 184 g/mol. The molecule has 0 saturated heterocycles. The number of aliphatic imine (C=N–C) groups is 2. The summed E-state index contributed by atoms with van der Waals surface area (Å²) in [6.45, 7) is 6.57. The standard InChI is InChI=1S/C6H14.C3H2N2O2/c1-4-5-6(2)3;6-2-4-1-5-3-7/h6H,4-5H2,1-3H3;1H2. The van der Waals surface area contributed by atoms with E-state index < -0.39 is 0 Å². The van der Waals surface area contributed by atoms with E-state index in [9.17, 15) is 9.59 Å².